The van der Waals surface area contributed by atoms with Crippen LogP contribution in [0.3, 0.4) is 0 Å². The van der Waals surface area contributed by atoms with E-state index in [2.05, 4.69) is 9.97 Å². The van der Waals surface area contributed by atoms with E-state index >= 15 is 0 Å². The Kier molecular flexibility index (Phi) is 3.77. The van der Waals surface area contributed by atoms with E-state index in [9.17, 15) is 9.59 Å². The van der Waals surface area contributed by atoms with Crippen LogP contribution < -0.4 is 10.5 Å². The molecular weight excluding hydrogens is 336 g/mol. The Morgan fingerprint density at radius 2 is 1.84 bits per heavy atom. The van der Waals surface area contributed by atoms with Crippen molar-refractivity contribution in [2.45, 2.75) is 6.54 Å². The lowest BCUT2D eigenvalue weighted by Gasteiger charge is -2.15. The van der Waals surface area contributed by atoms with Crippen LogP contribution in [-0.4, -0.2) is 27.5 Å². The maximum absolute atomic E-state index is 12.7. The highest BCUT2D eigenvalue weighted by Crippen LogP contribution is 2.27. The predicted molar refractivity (Wildman–Crippen MR) is 99.0 cm³/mol. The molecule has 4 aromatic rings. The van der Waals surface area contributed by atoms with E-state index < -0.39 is 0 Å². The standard InChI is InChI=1S/C18H14N4O2S/c1-21(18-20-13-7-3-5-9-15(13)25-18)17(24)11-22-14-8-4-2-6-12(14)19-10-16(22)23/h2-10H,11H2,1H3. The molecule has 0 bridgehead atoms. The van der Waals surface area contributed by atoms with E-state index in [0.717, 1.165) is 10.2 Å². The van der Waals surface area contributed by atoms with Gasteiger partial charge in [-0.3, -0.25) is 19.1 Å². The van der Waals surface area contributed by atoms with Crippen LogP contribution in [0.15, 0.2) is 59.5 Å². The average molecular weight is 350 g/mol. The fourth-order valence-electron chi connectivity index (χ4n) is 2.63. The van der Waals surface area contributed by atoms with Crippen molar-refractivity contribution in [2.75, 3.05) is 11.9 Å². The van der Waals surface area contributed by atoms with Gasteiger partial charge < -0.3 is 0 Å². The minimum atomic E-state index is -0.301. The van der Waals surface area contributed by atoms with Crippen molar-refractivity contribution in [2.24, 2.45) is 0 Å². The van der Waals surface area contributed by atoms with E-state index in [4.69, 9.17) is 0 Å². The molecule has 0 unspecified atom stereocenters. The molecule has 0 aliphatic carbocycles. The molecule has 0 aliphatic heterocycles. The quantitative estimate of drug-likeness (QED) is 0.570. The van der Waals surface area contributed by atoms with Gasteiger partial charge in [0.25, 0.3) is 5.56 Å². The Morgan fingerprint density at radius 1 is 1.12 bits per heavy atom. The number of likely N-dealkylation sites (N-methyl/N-ethyl adjacent to an activating group) is 1. The molecule has 0 radical (unpaired) electrons. The van der Waals surface area contributed by atoms with Gasteiger partial charge in [0.15, 0.2) is 5.13 Å². The molecule has 7 heteroatoms. The molecule has 2 heterocycles. The van der Waals surface area contributed by atoms with Crippen molar-refractivity contribution in [1.29, 1.82) is 0 Å². The van der Waals surface area contributed by atoms with Crippen LogP contribution in [0.5, 0.6) is 0 Å². The number of carbonyl (C=O) groups is 1. The molecule has 0 spiro atoms. The molecule has 0 saturated heterocycles. The zero-order chi connectivity index (χ0) is 17.4. The van der Waals surface area contributed by atoms with E-state index in [1.807, 2.05) is 42.5 Å². The number of hydrogen-bond donors (Lipinski definition) is 0. The van der Waals surface area contributed by atoms with Crippen molar-refractivity contribution in [1.82, 2.24) is 14.5 Å². The van der Waals surface area contributed by atoms with Crippen LogP contribution in [0.4, 0.5) is 5.13 Å². The lowest BCUT2D eigenvalue weighted by Crippen LogP contribution is -2.34. The molecule has 0 fully saturated rings. The van der Waals surface area contributed by atoms with Crippen LogP contribution in [-0.2, 0) is 11.3 Å². The minimum Gasteiger partial charge on any atom is -0.296 e. The number of rotatable bonds is 3. The van der Waals surface area contributed by atoms with Crippen LogP contribution in [0.25, 0.3) is 21.3 Å². The number of thiazole rings is 1. The van der Waals surface area contributed by atoms with Crippen molar-refractivity contribution < 1.29 is 4.79 Å². The van der Waals surface area contributed by atoms with Crippen molar-refractivity contribution >= 4 is 43.6 Å². The van der Waals surface area contributed by atoms with Gasteiger partial charge in [0.1, 0.15) is 6.54 Å². The second-order valence-corrected chi connectivity index (χ2v) is 6.60. The van der Waals surface area contributed by atoms with E-state index in [-0.39, 0.29) is 18.0 Å². The molecular formula is C18H14N4O2S. The van der Waals surface area contributed by atoms with E-state index in [0.29, 0.717) is 16.2 Å². The average Bonchev–Trinajstić information content (AvgIpc) is 3.07. The first kappa shape index (κ1) is 15.5. The normalized spacial score (nSPS) is 11.1. The largest absolute Gasteiger partial charge is 0.296 e. The smallest absolute Gasteiger partial charge is 0.269 e. The predicted octanol–water partition coefficient (Wildman–Crippen LogP) is 2.67. The number of para-hydroxylation sites is 3. The summed E-state index contributed by atoms with van der Waals surface area (Å²) < 4.78 is 2.46. The third-order valence-electron chi connectivity index (χ3n) is 3.99. The zero-order valence-corrected chi connectivity index (χ0v) is 14.2. The Balaban J connectivity index is 1.68. The van der Waals surface area contributed by atoms with Crippen LogP contribution in [0.1, 0.15) is 0 Å². The van der Waals surface area contributed by atoms with Gasteiger partial charge in [-0.1, -0.05) is 35.6 Å². The molecule has 0 saturated carbocycles. The zero-order valence-electron chi connectivity index (χ0n) is 13.4. The molecule has 4 rings (SSSR count). The minimum absolute atomic E-state index is 0.0612. The maximum atomic E-state index is 12.7. The summed E-state index contributed by atoms with van der Waals surface area (Å²) in [7, 11) is 1.68. The van der Waals surface area contributed by atoms with E-state index in [1.165, 1.54) is 27.0 Å². The van der Waals surface area contributed by atoms with Crippen molar-refractivity contribution in [3.05, 3.63) is 65.1 Å². The highest BCUT2D eigenvalue weighted by atomic mass is 32.1. The lowest BCUT2D eigenvalue weighted by atomic mass is 10.3. The van der Waals surface area contributed by atoms with Crippen molar-refractivity contribution in [3.8, 4) is 0 Å². The molecule has 2 aromatic heterocycles. The summed E-state index contributed by atoms with van der Waals surface area (Å²) in [6, 6.07) is 15.0. The highest BCUT2D eigenvalue weighted by Gasteiger charge is 2.17. The van der Waals surface area contributed by atoms with Gasteiger partial charge in [-0.15, -0.1) is 0 Å². The number of nitrogens with zero attached hydrogens (tertiary/aromatic N) is 4. The van der Waals surface area contributed by atoms with Gasteiger partial charge in [0.2, 0.25) is 5.91 Å². The first-order valence-electron chi connectivity index (χ1n) is 7.70. The fourth-order valence-corrected chi connectivity index (χ4v) is 3.57. The highest BCUT2D eigenvalue weighted by molar-refractivity contribution is 7.22. The number of amides is 1. The van der Waals surface area contributed by atoms with Gasteiger partial charge >= 0.3 is 0 Å². The van der Waals surface area contributed by atoms with Gasteiger partial charge in [-0.2, -0.15) is 0 Å². The maximum Gasteiger partial charge on any atom is 0.269 e. The first-order valence-corrected chi connectivity index (χ1v) is 8.52. The number of benzene rings is 2. The summed E-state index contributed by atoms with van der Waals surface area (Å²) in [5.41, 5.74) is 1.87. The third kappa shape index (κ3) is 2.78. The Morgan fingerprint density at radius 3 is 2.64 bits per heavy atom. The second kappa shape index (κ2) is 6.10. The summed E-state index contributed by atoms with van der Waals surface area (Å²) in [5, 5.41) is 0.609. The molecule has 6 nitrogen and oxygen atoms in total. The SMILES string of the molecule is CN(C(=O)Cn1c(=O)cnc2ccccc21)c1nc2ccccc2s1. The molecule has 0 aliphatic rings. The fraction of sp³-hybridized carbons (Fsp3) is 0.111. The summed E-state index contributed by atoms with van der Waals surface area (Å²) in [5.74, 6) is -0.211. The number of hydrogen-bond acceptors (Lipinski definition) is 5. The topological polar surface area (TPSA) is 68.1 Å². The number of carbonyl (C=O) groups excluding carboxylic acids is 1. The molecule has 25 heavy (non-hydrogen) atoms. The summed E-state index contributed by atoms with van der Waals surface area (Å²) in [6.45, 7) is -0.0612. The van der Waals surface area contributed by atoms with Crippen molar-refractivity contribution in [3.63, 3.8) is 0 Å². The van der Waals surface area contributed by atoms with Crippen LogP contribution >= 0.6 is 11.3 Å². The monoisotopic (exact) mass is 350 g/mol. The van der Waals surface area contributed by atoms with Gasteiger partial charge in [0, 0.05) is 7.05 Å². The number of anilines is 1. The Bertz CT molecular complexity index is 1120. The number of aromatic nitrogens is 3. The van der Waals surface area contributed by atoms with Crippen LogP contribution in [0, 0.1) is 0 Å². The lowest BCUT2D eigenvalue weighted by molar-refractivity contribution is -0.118. The van der Waals surface area contributed by atoms with Gasteiger partial charge in [-0.05, 0) is 24.3 Å². The van der Waals surface area contributed by atoms with Gasteiger partial charge in [-0.25, -0.2) is 9.97 Å². The number of fused-ring (bicyclic) bond motifs is 2. The third-order valence-corrected chi connectivity index (χ3v) is 5.10. The molecule has 0 atom stereocenters. The Labute approximate surface area is 147 Å². The molecule has 2 aromatic carbocycles. The molecule has 124 valence electrons. The molecule has 0 N–H and O–H groups in total. The van der Waals surface area contributed by atoms with Gasteiger partial charge in [0.05, 0.1) is 27.4 Å². The van der Waals surface area contributed by atoms with E-state index in [1.54, 1.807) is 13.1 Å². The van der Waals surface area contributed by atoms with Crippen LogP contribution in [0.2, 0.25) is 0 Å². The second-order valence-electron chi connectivity index (χ2n) is 5.59. The first-order chi connectivity index (χ1) is 12.1. The molecule has 1 amide bonds. The Hall–Kier alpha value is -3.06. The summed E-state index contributed by atoms with van der Waals surface area (Å²) in [6.07, 6.45) is 1.24. The summed E-state index contributed by atoms with van der Waals surface area (Å²) in [4.78, 5) is 35.0. The summed E-state index contributed by atoms with van der Waals surface area (Å²) >= 11 is 1.45.